The lowest BCUT2D eigenvalue weighted by atomic mass is 9.99. The van der Waals surface area contributed by atoms with Gasteiger partial charge in [-0.15, -0.1) is 0 Å². The van der Waals surface area contributed by atoms with Gasteiger partial charge in [0.1, 0.15) is 11.8 Å². The first kappa shape index (κ1) is 24.7. The maximum atomic E-state index is 13.2. The van der Waals surface area contributed by atoms with Crippen LogP contribution in [0.5, 0.6) is 5.75 Å². The second-order valence-corrected chi connectivity index (χ2v) is 8.62. The summed E-state index contributed by atoms with van der Waals surface area (Å²) in [6, 6.07) is 34.6. The summed E-state index contributed by atoms with van der Waals surface area (Å²) in [6.45, 7) is 0.397. The highest BCUT2D eigenvalue weighted by Crippen LogP contribution is 2.21. The van der Waals surface area contributed by atoms with Gasteiger partial charge in [0, 0.05) is 13.0 Å². The third kappa shape index (κ3) is 7.06. The molecule has 0 aliphatic heterocycles. The molecule has 5 heteroatoms. The van der Waals surface area contributed by atoms with Gasteiger partial charge < -0.3 is 15.4 Å². The van der Waals surface area contributed by atoms with Gasteiger partial charge in [-0.05, 0) is 39.9 Å². The molecule has 0 fully saturated rings. The Balaban J connectivity index is 1.48. The third-order valence-electron chi connectivity index (χ3n) is 5.96. The first-order valence-corrected chi connectivity index (χ1v) is 12.0. The lowest BCUT2D eigenvalue weighted by Gasteiger charge is -2.19. The summed E-state index contributed by atoms with van der Waals surface area (Å²) < 4.78 is 5.19. The highest BCUT2D eigenvalue weighted by atomic mass is 16.5. The molecular weight excluding hydrogens is 448 g/mol. The van der Waals surface area contributed by atoms with Crippen LogP contribution in [0, 0.1) is 0 Å². The number of hydrogen-bond acceptors (Lipinski definition) is 3. The zero-order valence-electron chi connectivity index (χ0n) is 20.3. The second kappa shape index (κ2) is 12.4. The molecule has 0 heterocycles. The molecule has 5 nitrogen and oxygen atoms in total. The van der Waals surface area contributed by atoms with Crippen molar-refractivity contribution in [1.82, 2.24) is 10.6 Å². The van der Waals surface area contributed by atoms with E-state index < -0.39 is 6.04 Å². The molecule has 0 unspecified atom stereocenters. The van der Waals surface area contributed by atoms with E-state index in [4.69, 9.17) is 4.74 Å². The van der Waals surface area contributed by atoms with Crippen molar-refractivity contribution in [3.63, 3.8) is 0 Å². The Morgan fingerprint density at radius 3 is 2.06 bits per heavy atom. The summed E-state index contributed by atoms with van der Waals surface area (Å²) in [4.78, 5) is 26.1. The van der Waals surface area contributed by atoms with Crippen LogP contribution in [0.15, 0.2) is 109 Å². The van der Waals surface area contributed by atoms with E-state index in [1.54, 1.807) is 7.11 Å². The van der Waals surface area contributed by atoms with E-state index in [9.17, 15) is 9.59 Å². The van der Waals surface area contributed by atoms with Gasteiger partial charge in [-0.25, -0.2) is 0 Å². The van der Waals surface area contributed by atoms with Crippen LogP contribution in [-0.2, 0) is 29.0 Å². The van der Waals surface area contributed by atoms with Gasteiger partial charge in [-0.1, -0.05) is 97.1 Å². The molecule has 0 radical (unpaired) electrons. The maximum absolute atomic E-state index is 13.2. The molecule has 0 saturated heterocycles. The van der Waals surface area contributed by atoms with Crippen molar-refractivity contribution >= 4 is 11.8 Å². The van der Waals surface area contributed by atoms with E-state index in [2.05, 4.69) is 28.8 Å². The highest BCUT2D eigenvalue weighted by Gasteiger charge is 2.21. The number of hydrogen-bond donors (Lipinski definition) is 2. The van der Waals surface area contributed by atoms with E-state index >= 15 is 0 Å². The fourth-order valence-electron chi connectivity index (χ4n) is 4.04. The van der Waals surface area contributed by atoms with E-state index in [0.29, 0.717) is 13.0 Å². The molecular formula is C31H30N2O3. The lowest BCUT2D eigenvalue weighted by molar-refractivity contribution is -0.128. The topological polar surface area (TPSA) is 67.4 Å². The van der Waals surface area contributed by atoms with Gasteiger partial charge in [0.15, 0.2) is 0 Å². The van der Waals surface area contributed by atoms with E-state index in [1.165, 1.54) is 0 Å². The van der Waals surface area contributed by atoms with Gasteiger partial charge in [-0.2, -0.15) is 0 Å². The molecule has 2 N–H and O–H groups in total. The normalized spacial score (nSPS) is 11.4. The number of ether oxygens (including phenoxy) is 1. The summed E-state index contributed by atoms with van der Waals surface area (Å²) in [6.07, 6.45) is 0.562. The van der Waals surface area contributed by atoms with Crippen molar-refractivity contribution in [2.24, 2.45) is 0 Å². The summed E-state index contributed by atoms with van der Waals surface area (Å²) >= 11 is 0. The summed E-state index contributed by atoms with van der Waals surface area (Å²) in [5, 5.41) is 5.94. The molecule has 4 aromatic rings. The molecule has 4 aromatic carbocycles. The van der Waals surface area contributed by atoms with Crippen molar-refractivity contribution in [3.05, 3.63) is 126 Å². The van der Waals surface area contributed by atoms with Crippen molar-refractivity contribution in [2.75, 3.05) is 7.11 Å². The predicted molar refractivity (Wildman–Crippen MR) is 142 cm³/mol. The van der Waals surface area contributed by atoms with Crippen LogP contribution in [0.25, 0.3) is 11.1 Å². The van der Waals surface area contributed by atoms with Crippen LogP contribution in [0.4, 0.5) is 0 Å². The van der Waals surface area contributed by atoms with E-state index in [0.717, 1.165) is 33.6 Å². The Bertz CT molecular complexity index is 1270. The van der Waals surface area contributed by atoms with Crippen molar-refractivity contribution in [3.8, 4) is 16.9 Å². The van der Waals surface area contributed by atoms with Gasteiger partial charge in [-0.3, -0.25) is 9.59 Å². The SMILES string of the molecule is COc1ccc(CC(=O)N[C@H](Cc2cccc(-c3ccccc3)c2)C(=O)NCc2ccccc2)cc1. The van der Waals surface area contributed by atoms with E-state index in [-0.39, 0.29) is 18.2 Å². The first-order valence-electron chi connectivity index (χ1n) is 12.0. The molecule has 0 aromatic heterocycles. The summed E-state index contributed by atoms with van der Waals surface area (Å²) in [5.41, 5.74) is 5.00. The second-order valence-electron chi connectivity index (χ2n) is 8.62. The average Bonchev–Trinajstić information content (AvgIpc) is 2.93. The third-order valence-corrected chi connectivity index (χ3v) is 5.96. The summed E-state index contributed by atoms with van der Waals surface area (Å²) in [5.74, 6) is 0.307. The number of carbonyl (C=O) groups is 2. The summed E-state index contributed by atoms with van der Waals surface area (Å²) in [7, 11) is 1.60. The van der Waals surface area contributed by atoms with Crippen LogP contribution >= 0.6 is 0 Å². The van der Waals surface area contributed by atoms with Crippen LogP contribution in [0.1, 0.15) is 16.7 Å². The van der Waals surface area contributed by atoms with Gasteiger partial charge in [0.2, 0.25) is 11.8 Å². The molecule has 0 bridgehead atoms. The molecule has 36 heavy (non-hydrogen) atoms. The Morgan fingerprint density at radius 1 is 0.722 bits per heavy atom. The average molecular weight is 479 g/mol. The van der Waals surface area contributed by atoms with Crippen molar-refractivity contribution in [1.29, 1.82) is 0 Å². The fourth-order valence-corrected chi connectivity index (χ4v) is 4.04. The van der Waals surface area contributed by atoms with Gasteiger partial charge >= 0.3 is 0 Å². The van der Waals surface area contributed by atoms with Crippen LogP contribution < -0.4 is 15.4 Å². The van der Waals surface area contributed by atoms with Crippen LogP contribution in [0.2, 0.25) is 0 Å². The minimum atomic E-state index is -0.703. The smallest absolute Gasteiger partial charge is 0.243 e. The molecule has 0 aliphatic carbocycles. The Labute approximate surface area is 212 Å². The molecule has 2 amide bonds. The minimum absolute atomic E-state index is 0.177. The number of nitrogens with one attached hydrogen (secondary N) is 2. The quantitative estimate of drug-likeness (QED) is 0.339. The van der Waals surface area contributed by atoms with Crippen molar-refractivity contribution in [2.45, 2.75) is 25.4 Å². The van der Waals surface area contributed by atoms with Crippen LogP contribution in [-0.4, -0.2) is 25.0 Å². The number of rotatable bonds is 10. The number of carbonyl (C=O) groups excluding carboxylic acids is 2. The van der Waals surface area contributed by atoms with Gasteiger partial charge in [0.25, 0.3) is 0 Å². The molecule has 4 rings (SSSR count). The number of methoxy groups -OCH3 is 1. The van der Waals surface area contributed by atoms with Crippen LogP contribution in [0.3, 0.4) is 0 Å². The molecule has 0 aliphatic rings. The largest absolute Gasteiger partial charge is 0.497 e. The zero-order chi connectivity index (χ0) is 25.2. The minimum Gasteiger partial charge on any atom is -0.497 e. The molecule has 182 valence electrons. The molecule has 1 atom stereocenters. The highest BCUT2D eigenvalue weighted by molar-refractivity contribution is 5.88. The van der Waals surface area contributed by atoms with Crippen molar-refractivity contribution < 1.29 is 14.3 Å². The Morgan fingerprint density at radius 2 is 1.36 bits per heavy atom. The Kier molecular flexibility index (Phi) is 8.49. The maximum Gasteiger partial charge on any atom is 0.243 e. The first-order chi connectivity index (χ1) is 17.6. The van der Waals surface area contributed by atoms with E-state index in [1.807, 2.05) is 91.0 Å². The monoisotopic (exact) mass is 478 g/mol. The molecule has 0 spiro atoms. The standard InChI is InChI=1S/C31H30N2O3/c1-36-28-17-15-23(16-18-28)21-30(34)33-29(31(35)32-22-24-9-4-2-5-10-24)20-25-11-8-14-27(19-25)26-12-6-3-7-13-26/h2-19,29H,20-22H2,1H3,(H,32,35)(H,33,34)/t29-/m1/s1. The van der Waals surface area contributed by atoms with Gasteiger partial charge in [0.05, 0.1) is 13.5 Å². The number of benzene rings is 4. The fraction of sp³-hybridized carbons (Fsp3) is 0.161. The zero-order valence-corrected chi connectivity index (χ0v) is 20.3. The lowest BCUT2D eigenvalue weighted by Crippen LogP contribution is -2.48. The Hall–Kier alpha value is -4.38. The molecule has 0 saturated carbocycles. The predicted octanol–water partition coefficient (Wildman–Crippen LogP) is 4.95. The number of amides is 2.